The monoisotopic (exact) mass is 275 g/mol. The molecule has 5 heteroatoms. The topological polar surface area (TPSA) is 79.5 Å². The van der Waals surface area contributed by atoms with Crippen LogP contribution in [0.25, 0.3) is 11.0 Å². The highest BCUT2D eigenvalue weighted by Crippen LogP contribution is 2.11. The molecule has 0 saturated heterocycles. The predicted octanol–water partition coefficient (Wildman–Crippen LogP) is 1.54. The molecule has 0 spiro atoms. The number of hydrogen-bond acceptors (Lipinski definition) is 4. The highest BCUT2D eigenvalue weighted by molar-refractivity contribution is 5.93. The minimum atomic E-state index is -0.633. The van der Waals surface area contributed by atoms with Gasteiger partial charge in [-0.2, -0.15) is 0 Å². The third kappa shape index (κ3) is 3.05. The number of rotatable bonds is 4. The number of amides is 1. The summed E-state index contributed by atoms with van der Waals surface area (Å²) in [5.41, 5.74) is 0.107. The molecule has 1 heterocycles. The van der Waals surface area contributed by atoms with Crippen LogP contribution in [0.1, 0.15) is 24.4 Å². The molecule has 0 fully saturated rings. The SMILES string of the molecule is CC(C)C(O)CNC(=O)c1cc(=O)c2ccccc2o1. The van der Waals surface area contributed by atoms with E-state index >= 15 is 0 Å². The van der Waals surface area contributed by atoms with E-state index < -0.39 is 12.0 Å². The van der Waals surface area contributed by atoms with Gasteiger partial charge >= 0.3 is 0 Å². The first kappa shape index (κ1) is 14.3. The summed E-state index contributed by atoms with van der Waals surface area (Å²) in [5, 5.41) is 12.6. The standard InChI is InChI=1S/C15H17NO4/c1-9(2)12(18)8-16-15(19)14-7-11(17)10-5-3-4-6-13(10)20-14/h3-7,9,12,18H,8H2,1-2H3,(H,16,19). The summed E-state index contributed by atoms with van der Waals surface area (Å²) >= 11 is 0. The Bertz CT molecular complexity index is 675. The van der Waals surface area contributed by atoms with Gasteiger partial charge in [0, 0.05) is 12.6 Å². The molecule has 1 aromatic carbocycles. The molecule has 1 amide bonds. The maximum absolute atomic E-state index is 11.9. The van der Waals surface area contributed by atoms with E-state index in [2.05, 4.69) is 5.32 Å². The molecular weight excluding hydrogens is 258 g/mol. The lowest BCUT2D eigenvalue weighted by Gasteiger charge is -2.14. The lowest BCUT2D eigenvalue weighted by molar-refractivity contribution is 0.0847. The van der Waals surface area contributed by atoms with E-state index in [1.807, 2.05) is 13.8 Å². The summed E-state index contributed by atoms with van der Waals surface area (Å²) in [6.07, 6.45) is -0.633. The Labute approximate surface area is 116 Å². The fraction of sp³-hybridized carbons (Fsp3) is 0.333. The average molecular weight is 275 g/mol. The number of carbonyl (C=O) groups excluding carboxylic acids is 1. The van der Waals surface area contributed by atoms with Gasteiger partial charge in [-0.15, -0.1) is 0 Å². The van der Waals surface area contributed by atoms with E-state index in [0.29, 0.717) is 11.0 Å². The van der Waals surface area contributed by atoms with Gasteiger partial charge in [0.05, 0.1) is 11.5 Å². The van der Waals surface area contributed by atoms with Gasteiger partial charge in [-0.05, 0) is 18.1 Å². The van der Waals surface area contributed by atoms with Crippen LogP contribution < -0.4 is 10.7 Å². The molecule has 0 aliphatic carbocycles. The van der Waals surface area contributed by atoms with E-state index in [9.17, 15) is 14.7 Å². The third-order valence-electron chi connectivity index (χ3n) is 3.10. The lowest BCUT2D eigenvalue weighted by atomic mass is 10.1. The molecule has 2 N–H and O–H groups in total. The smallest absolute Gasteiger partial charge is 0.287 e. The Morgan fingerprint density at radius 2 is 2.05 bits per heavy atom. The lowest BCUT2D eigenvalue weighted by Crippen LogP contribution is -2.35. The van der Waals surface area contributed by atoms with Crippen molar-refractivity contribution >= 4 is 16.9 Å². The van der Waals surface area contributed by atoms with Crippen LogP contribution in [0.2, 0.25) is 0 Å². The fourth-order valence-electron chi connectivity index (χ4n) is 1.74. The number of nitrogens with one attached hydrogen (secondary N) is 1. The van der Waals surface area contributed by atoms with Gasteiger partial charge in [0.1, 0.15) is 5.58 Å². The second-order valence-corrected chi connectivity index (χ2v) is 4.99. The number of hydrogen-bond donors (Lipinski definition) is 2. The average Bonchev–Trinajstić information content (AvgIpc) is 2.44. The van der Waals surface area contributed by atoms with Crippen molar-refractivity contribution in [3.8, 4) is 0 Å². The molecule has 1 aromatic heterocycles. The number of carbonyl (C=O) groups is 1. The van der Waals surface area contributed by atoms with Gasteiger partial charge < -0.3 is 14.8 Å². The maximum Gasteiger partial charge on any atom is 0.287 e. The molecule has 106 valence electrons. The summed E-state index contributed by atoms with van der Waals surface area (Å²) in [6, 6.07) is 7.91. The molecule has 0 bridgehead atoms. The molecule has 5 nitrogen and oxygen atoms in total. The largest absolute Gasteiger partial charge is 0.451 e. The molecule has 0 radical (unpaired) electrons. The normalized spacial score (nSPS) is 12.6. The molecule has 2 rings (SSSR count). The number of aliphatic hydroxyl groups excluding tert-OH is 1. The second-order valence-electron chi connectivity index (χ2n) is 4.99. The van der Waals surface area contributed by atoms with Crippen molar-refractivity contribution in [1.82, 2.24) is 5.32 Å². The zero-order valence-electron chi connectivity index (χ0n) is 11.4. The van der Waals surface area contributed by atoms with E-state index in [1.54, 1.807) is 24.3 Å². The molecule has 20 heavy (non-hydrogen) atoms. The summed E-state index contributed by atoms with van der Waals surface area (Å²) in [4.78, 5) is 23.8. The van der Waals surface area contributed by atoms with Crippen LogP contribution in [-0.4, -0.2) is 23.7 Å². The van der Waals surface area contributed by atoms with Crippen LogP contribution in [0.5, 0.6) is 0 Å². The van der Waals surface area contributed by atoms with Crippen molar-refractivity contribution in [1.29, 1.82) is 0 Å². The van der Waals surface area contributed by atoms with Crippen LogP contribution in [-0.2, 0) is 0 Å². The van der Waals surface area contributed by atoms with Crippen molar-refractivity contribution in [3.63, 3.8) is 0 Å². The third-order valence-corrected chi connectivity index (χ3v) is 3.10. The zero-order valence-corrected chi connectivity index (χ0v) is 11.4. The van der Waals surface area contributed by atoms with Crippen molar-refractivity contribution in [3.05, 3.63) is 46.3 Å². The molecule has 0 aliphatic rings. The highest BCUT2D eigenvalue weighted by atomic mass is 16.3. The Morgan fingerprint density at radius 1 is 1.35 bits per heavy atom. The van der Waals surface area contributed by atoms with E-state index in [4.69, 9.17) is 4.42 Å². The minimum Gasteiger partial charge on any atom is -0.451 e. The number of benzene rings is 1. The van der Waals surface area contributed by atoms with Crippen LogP contribution >= 0.6 is 0 Å². The van der Waals surface area contributed by atoms with E-state index in [-0.39, 0.29) is 23.7 Å². The van der Waals surface area contributed by atoms with Crippen molar-refractivity contribution < 1.29 is 14.3 Å². The Balaban J connectivity index is 2.21. The van der Waals surface area contributed by atoms with Crippen LogP contribution in [0.3, 0.4) is 0 Å². The van der Waals surface area contributed by atoms with Crippen LogP contribution in [0.15, 0.2) is 39.5 Å². The molecular formula is C15H17NO4. The number of aliphatic hydroxyl groups is 1. The van der Waals surface area contributed by atoms with Gasteiger partial charge in [-0.3, -0.25) is 9.59 Å². The van der Waals surface area contributed by atoms with Gasteiger partial charge in [0.25, 0.3) is 5.91 Å². The van der Waals surface area contributed by atoms with Gasteiger partial charge in [0.15, 0.2) is 11.2 Å². The van der Waals surface area contributed by atoms with Gasteiger partial charge in [-0.25, -0.2) is 0 Å². The highest BCUT2D eigenvalue weighted by Gasteiger charge is 2.15. The first-order valence-corrected chi connectivity index (χ1v) is 6.48. The Kier molecular flexibility index (Phi) is 4.20. The van der Waals surface area contributed by atoms with Gasteiger partial charge in [-0.1, -0.05) is 26.0 Å². The molecule has 1 unspecified atom stereocenters. The molecule has 0 aliphatic heterocycles. The maximum atomic E-state index is 11.9. The Hall–Kier alpha value is -2.14. The quantitative estimate of drug-likeness (QED) is 0.887. The van der Waals surface area contributed by atoms with Crippen LogP contribution in [0, 0.1) is 5.92 Å². The zero-order chi connectivity index (χ0) is 14.7. The number of fused-ring (bicyclic) bond motifs is 1. The van der Waals surface area contributed by atoms with Crippen molar-refractivity contribution in [2.45, 2.75) is 20.0 Å². The van der Waals surface area contributed by atoms with Crippen LogP contribution in [0.4, 0.5) is 0 Å². The summed E-state index contributed by atoms with van der Waals surface area (Å²) in [7, 11) is 0. The minimum absolute atomic E-state index is 0.0407. The molecule has 0 saturated carbocycles. The van der Waals surface area contributed by atoms with Crippen molar-refractivity contribution in [2.75, 3.05) is 6.54 Å². The van der Waals surface area contributed by atoms with E-state index in [0.717, 1.165) is 0 Å². The number of para-hydroxylation sites is 1. The first-order chi connectivity index (χ1) is 9.49. The summed E-state index contributed by atoms with van der Waals surface area (Å²) in [5.74, 6) is -0.517. The second kappa shape index (κ2) is 5.88. The van der Waals surface area contributed by atoms with E-state index in [1.165, 1.54) is 6.07 Å². The van der Waals surface area contributed by atoms with Crippen molar-refractivity contribution in [2.24, 2.45) is 5.92 Å². The summed E-state index contributed by atoms with van der Waals surface area (Å²) in [6.45, 7) is 3.83. The Morgan fingerprint density at radius 3 is 2.75 bits per heavy atom. The molecule has 1 atom stereocenters. The van der Waals surface area contributed by atoms with Gasteiger partial charge in [0.2, 0.25) is 0 Å². The molecule has 2 aromatic rings. The fourth-order valence-corrected chi connectivity index (χ4v) is 1.74. The first-order valence-electron chi connectivity index (χ1n) is 6.48. The predicted molar refractivity (Wildman–Crippen MR) is 75.7 cm³/mol. The summed E-state index contributed by atoms with van der Waals surface area (Å²) < 4.78 is 5.40.